The van der Waals surface area contributed by atoms with E-state index in [0.29, 0.717) is 4.31 Å². The Morgan fingerprint density at radius 1 is 1.16 bits per heavy atom. The zero-order chi connectivity index (χ0) is 14.5. The maximum Gasteiger partial charge on any atom is 0.402 e. The van der Waals surface area contributed by atoms with Crippen molar-refractivity contribution in [3.8, 4) is 0 Å². The normalized spacial score (nSPS) is 19.0. The number of alkyl halides is 4. The van der Waals surface area contributed by atoms with E-state index in [2.05, 4.69) is 15.9 Å². The second-order valence-corrected chi connectivity index (χ2v) is 7.73. The van der Waals surface area contributed by atoms with Gasteiger partial charge in [-0.3, -0.25) is 0 Å². The van der Waals surface area contributed by atoms with Gasteiger partial charge in [0.1, 0.15) is 6.54 Å². The van der Waals surface area contributed by atoms with Crippen LogP contribution in [0.2, 0.25) is 0 Å². The Hall–Kier alpha value is 0.180. The zero-order valence-electron chi connectivity index (χ0n) is 10.6. The first-order valence-electron chi connectivity index (χ1n) is 6.35. The zero-order valence-corrected chi connectivity index (χ0v) is 13.0. The molecule has 0 N–H and O–H groups in total. The summed E-state index contributed by atoms with van der Waals surface area (Å²) in [6.07, 6.45) is 0.128. The Bertz CT molecular complexity index is 367. The minimum absolute atomic E-state index is 0.00445. The topological polar surface area (TPSA) is 37.4 Å². The first-order valence-corrected chi connectivity index (χ1v) is 9.08. The summed E-state index contributed by atoms with van der Waals surface area (Å²) in [5, 5.41) is 0.201. The Kier molecular flexibility index (Phi) is 6.59. The van der Waals surface area contributed by atoms with Gasteiger partial charge in [-0.25, -0.2) is 8.42 Å². The average molecular weight is 366 g/mol. The average Bonchev–Trinajstić information content (AvgIpc) is 2.27. The van der Waals surface area contributed by atoms with Gasteiger partial charge in [-0.2, -0.15) is 17.5 Å². The molecule has 0 radical (unpaired) electrons. The van der Waals surface area contributed by atoms with Gasteiger partial charge in [0, 0.05) is 11.9 Å². The lowest BCUT2D eigenvalue weighted by Gasteiger charge is -2.27. The monoisotopic (exact) mass is 365 g/mol. The third-order valence-corrected chi connectivity index (χ3v) is 5.60. The minimum Gasteiger partial charge on any atom is -0.212 e. The molecule has 1 saturated carbocycles. The Morgan fingerprint density at radius 3 is 2.21 bits per heavy atom. The summed E-state index contributed by atoms with van der Waals surface area (Å²) in [7, 11) is -3.83. The molecule has 19 heavy (non-hydrogen) atoms. The SMILES string of the molecule is O=S(=O)(CC1CCCCC1)N(CCBr)CC(F)(F)F. The van der Waals surface area contributed by atoms with Crippen LogP contribution in [-0.4, -0.2) is 43.1 Å². The first-order chi connectivity index (χ1) is 8.74. The highest BCUT2D eigenvalue weighted by molar-refractivity contribution is 9.09. The molecule has 0 spiro atoms. The molecule has 1 rings (SSSR count). The number of sulfonamides is 1. The van der Waals surface area contributed by atoms with E-state index < -0.39 is 22.7 Å². The lowest BCUT2D eigenvalue weighted by Crippen LogP contribution is -2.42. The Morgan fingerprint density at radius 2 is 1.74 bits per heavy atom. The van der Waals surface area contributed by atoms with Gasteiger partial charge >= 0.3 is 6.18 Å². The largest absolute Gasteiger partial charge is 0.402 e. The van der Waals surface area contributed by atoms with Crippen LogP contribution in [-0.2, 0) is 10.0 Å². The van der Waals surface area contributed by atoms with Crippen LogP contribution < -0.4 is 0 Å². The van der Waals surface area contributed by atoms with Gasteiger partial charge < -0.3 is 0 Å². The molecule has 1 fully saturated rings. The summed E-state index contributed by atoms with van der Waals surface area (Å²) in [6, 6.07) is 0. The second kappa shape index (κ2) is 7.26. The molecule has 0 aromatic carbocycles. The molecular weight excluding hydrogens is 347 g/mol. The second-order valence-electron chi connectivity index (χ2n) is 4.92. The van der Waals surface area contributed by atoms with E-state index in [1.165, 1.54) is 0 Å². The van der Waals surface area contributed by atoms with Crippen molar-refractivity contribution >= 4 is 26.0 Å². The molecule has 114 valence electrons. The number of rotatable bonds is 6. The summed E-state index contributed by atoms with van der Waals surface area (Å²) < 4.78 is 61.9. The van der Waals surface area contributed by atoms with Crippen LogP contribution in [0.3, 0.4) is 0 Å². The summed E-state index contributed by atoms with van der Waals surface area (Å²) in [6.45, 7) is -1.54. The summed E-state index contributed by atoms with van der Waals surface area (Å²) in [5.41, 5.74) is 0. The van der Waals surface area contributed by atoms with Crippen LogP contribution >= 0.6 is 15.9 Å². The van der Waals surface area contributed by atoms with E-state index in [-0.39, 0.29) is 23.5 Å². The fourth-order valence-corrected chi connectivity index (χ4v) is 4.88. The lowest BCUT2D eigenvalue weighted by molar-refractivity contribution is -0.135. The van der Waals surface area contributed by atoms with Gasteiger partial charge in [0.15, 0.2) is 0 Å². The highest BCUT2D eigenvalue weighted by Crippen LogP contribution is 2.27. The molecule has 0 saturated heterocycles. The molecule has 0 aromatic heterocycles. The summed E-state index contributed by atoms with van der Waals surface area (Å²) in [4.78, 5) is 0. The standard InChI is InChI=1S/C11H19BrF3NO2S/c12-6-7-16(9-11(13,14)15)19(17,18)8-10-4-2-1-3-5-10/h10H,1-9H2. The van der Waals surface area contributed by atoms with Gasteiger partial charge in [-0.1, -0.05) is 35.2 Å². The molecule has 0 aliphatic heterocycles. The molecule has 8 heteroatoms. The van der Waals surface area contributed by atoms with E-state index in [1.807, 2.05) is 0 Å². The van der Waals surface area contributed by atoms with Gasteiger partial charge in [-0.15, -0.1) is 0 Å². The van der Waals surface area contributed by atoms with E-state index >= 15 is 0 Å². The van der Waals surface area contributed by atoms with E-state index in [4.69, 9.17) is 0 Å². The maximum absolute atomic E-state index is 12.4. The van der Waals surface area contributed by atoms with Crippen molar-refractivity contribution in [2.24, 2.45) is 5.92 Å². The molecule has 0 amide bonds. The Labute approximate surface area is 120 Å². The van der Waals surface area contributed by atoms with E-state index in [0.717, 1.165) is 32.1 Å². The minimum atomic E-state index is -4.50. The van der Waals surface area contributed by atoms with Crippen LogP contribution in [0.15, 0.2) is 0 Å². The Balaban J connectivity index is 2.68. The van der Waals surface area contributed by atoms with E-state index in [9.17, 15) is 21.6 Å². The van der Waals surface area contributed by atoms with E-state index in [1.54, 1.807) is 0 Å². The predicted octanol–water partition coefficient (Wildman–Crippen LogP) is 3.16. The summed E-state index contributed by atoms with van der Waals surface area (Å²) in [5.74, 6) is -0.152. The fourth-order valence-electron chi connectivity index (χ4n) is 2.37. The highest BCUT2D eigenvalue weighted by atomic mass is 79.9. The summed E-state index contributed by atoms with van der Waals surface area (Å²) >= 11 is 3.00. The van der Waals surface area contributed by atoms with Gasteiger partial charge in [-0.05, 0) is 18.8 Å². The maximum atomic E-state index is 12.4. The third-order valence-electron chi connectivity index (χ3n) is 3.25. The molecule has 1 aliphatic carbocycles. The van der Waals surface area contributed by atoms with Crippen LogP contribution in [0.4, 0.5) is 13.2 Å². The van der Waals surface area contributed by atoms with Gasteiger partial charge in [0.25, 0.3) is 0 Å². The van der Waals surface area contributed by atoms with Crippen molar-refractivity contribution in [3.05, 3.63) is 0 Å². The first kappa shape index (κ1) is 17.2. The molecule has 0 atom stereocenters. The lowest BCUT2D eigenvalue weighted by atomic mass is 9.91. The smallest absolute Gasteiger partial charge is 0.212 e. The molecule has 1 aliphatic rings. The van der Waals surface area contributed by atoms with Crippen molar-refractivity contribution in [3.63, 3.8) is 0 Å². The van der Waals surface area contributed by atoms with Crippen LogP contribution in [0.1, 0.15) is 32.1 Å². The fraction of sp³-hybridized carbons (Fsp3) is 1.00. The molecule has 0 unspecified atom stereocenters. The van der Waals surface area contributed by atoms with Crippen LogP contribution in [0.5, 0.6) is 0 Å². The van der Waals surface area contributed by atoms with Crippen molar-refractivity contribution in [2.75, 3.05) is 24.2 Å². The number of hydrogen-bond donors (Lipinski definition) is 0. The van der Waals surface area contributed by atoms with Crippen LogP contribution in [0, 0.1) is 5.92 Å². The third kappa shape index (κ3) is 6.44. The molecule has 0 bridgehead atoms. The number of nitrogens with zero attached hydrogens (tertiary/aromatic N) is 1. The molecule has 3 nitrogen and oxygen atoms in total. The highest BCUT2D eigenvalue weighted by Gasteiger charge is 2.36. The van der Waals surface area contributed by atoms with Gasteiger partial charge in [0.2, 0.25) is 10.0 Å². The predicted molar refractivity (Wildman–Crippen MR) is 71.8 cm³/mol. The molecule has 0 aromatic rings. The molecular formula is C11H19BrF3NO2S. The van der Waals surface area contributed by atoms with Gasteiger partial charge in [0.05, 0.1) is 5.75 Å². The quantitative estimate of drug-likeness (QED) is 0.678. The van der Waals surface area contributed by atoms with Crippen molar-refractivity contribution in [1.82, 2.24) is 4.31 Å². The molecule has 0 heterocycles. The van der Waals surface area contributed by atoms with Crippen LogP contribution in [0.25, 0.3) is 0 Å². The van der Waals surface area contributed by atoms with Crippen molar-refractivity contribution in [2.45, 2.75) is 38.3 Å². The number of halogens is 4. The van der Waals surface area contributed by atoms with Crippen molar-refractivity contribution in [1.29, 1.82) is 0 Å². The van der Waals surface area contributed by atoms with Crippen molar-refractivity contribution < 1.29 is 21.6 Å². The number of hydrogen-bond acceptors (Lipinski definition) is 2.